The molecule has 1 aromatic rings. The fourth-order valence-corrected chi connectivity index (χ4v) is 3.29. The van der Waals surface area contributed by atoms with Crippen molar-refractivity contribution in [1.82, 2.24) is 4.90 Å². The highest BCUT2D eigenvalue weighted by molar-refractivity contribution is 7.84. The van der Waals surface area contributed by atoms with Crippen LogP contribution in [0.4, 0.5) is 4.39 Å². The van der Waals surface area contributed by atoms with E-state index in [4.69, 9.17) is 0 Å². The molecule has 1 atom stereocenters. The first-order valence-electron chi connectivity index (χ1n) is 6.72. The molecule has 112 valence electrons. The molecule has 0 spiro atoms. The van der Waals surface area contributed by atoms with Gasteiger partial charge >= 0.3 is 0 Å². The van der Waals surface area contributed by atoms with Crippen LogP contribution in [0.25, 0.3) is 0 Å². The summed E-state index contributed by atoms with van der Waals surface area (Å²) in [6, 6.07) is 6.04. The lowest BCUT2D eigenvalue weighted by Gasteiger charge is -2.30. The summed E-state index contributed by atoms with van der Waals surface area (Å²) >= 11 is 0. The molecule has 0 aliphatic heterocycles. The van der Waals surface area contributed by atoms with E-state index >= 15 is 0 Å². The molecule has 0 saturated heterocycles. The van der Waals surface area contributed by atoms with E-state index in [0.29, 0.717) is 0 Å². The normalized spacial score (nSPS) is 12.8. The smallest absolute Gasteiger partial charge is 0.235 e. The van der Waals surface area contributed by atoms with Crippen LogP contribution >= 0.6 is 0 Å². The molecule has 0 heterocycles. The van der Waals surface area contributed by atoms with Gasteiger partial charge in [-0.15, -0.1) is 0 Å². The van der Waals surface area contributed by atoms with E-state index < -0.39 is 10.8 Å². The summed E-state index contributed by atoms with van der Waals surface area (Å²) in [6.07, 6.45) is 0. The lowest BCUT2D eigenvalue weighted by atomic mass is 10.2. The van der Waals surface area contributed by atoms with Gasteiger partial charge in [0.1, 0.15) is 11.6 Å². The first kappa shape index (κ1) is 16.8. The molecule has 0 saturated carbocycles. The van der Waals surface area contributed by atoms with Crippen LogP contribution in [0.2, 0.25) is 0 Å². The molecule has 0 aromatic heterocycles. The van der Waals surface area contributed by atoms with E-state index in [2.05, 4.69) is 0 Å². The summed E-state index contributed by atoms with van der Waals surface area (Å²) in [5.74, 6) is -0.138. The Morgan fingerprint density at radius 1 is 1.15 bits per heavy atom. The predicted molar refractivity (Wildman–Crippen MR) is 80.2 cm³/mol. The van der Waals surface area contributed by atoms with Gasteiger partial charge in [-0.2, -0.15) is 0 Å². The van der Waals surface area contributed by atoms with Gasteiger partial charge in [-0.25, -0.2) is 4.39 Å². The third-order valence-electron chi connectivity index (χ3n) is 2.93. The number of carbonyl (C=O) groups excluding carboxylic acids is 1. The number of amides is 1. The van der Waals surface area contributed by atoms with Crippen molar-refractivity contribution in [2.24, 2.45) is 0 Å². The molecule has 20 heavy (non-hydrogen) atoms. The highest BCUT2D eigenvalue weighted by Gasteiger charge is 2.21. The lowest BCUT2D eigenvalue weighted by molar-refractivity contribution is -0.131. The SMILES string of the molecule is CC(C)N(C(=O)CS(=O)Cc1ccc(F)cc1)C(C)C. The van der Waals surface area contributed by atoms with Gasteiger partial charge in [0.05, 0.1) is 0 Å². The lowest BCUT2D eigenvalue weighted by Crippen LogP contribution is -2.44. The first-order valence-corrected chi connectivity index (χ1v) is 8.20. The van der Waals surface area contributed by atoms with Gasteiger partial charge in [-0.05, 0) is 45.4 Å². The molecule has 1 unspecified atom stereocenters. The Bertz CT molecular complexity index is 463. The van der Waals surface area contributed by atoms with Gasteiger partial charge in [-0.3, -0.25) is 9.00 Å². The second-order valence-electron chi connectivity index (χ2n) is 5.34. The Labute approximate surface area is 122 Å². The maximum Gasteiger partial charge on any atom is 0.235 e. The van der Waals surface area contributed by atoms with E-state index in [0.717, 1.165) is 5.56 Å². The van der Waals surface area contributed by atoms with Crippen molar-refractivity contribution in [3.8, 4) is 0 Å². The van der Waals surface area contributed by atoms with Crippen LogP contribution in [0.15, 0.2) is 24.3 Å². The molecule has 5 heteroatoms. The molecule has 0 fully saturated rings. The van der Waals surface area contributed by atoms with Gasteiger partial charge in [0.25, 0.3) is 0 Å². The van der Waals surface area contributed by atoms with Crippen molar-refractivity contribution >= 4 is 16.7 Å². The Hall–Kier alpha value is -1.23. The second kappa shape index (κ2) is 7.53. The van der Waals surface area contributed by atoms with Crippen LogP contribution in [0, 0.1) is 5.82 Å². The Kier molecular flexibility index (Phi) is 6.33. The molecule has 0 N–H and O–H groups in total. The number of hydrogen-bond donors (Lipinski definition) is 0. The summed E-state index contributed by atoms with van der Waals surface area (Å²) in [5.41, 5.74) is 0.776. The van der Waals surface area contributed by atoms with Crippen LogP contribution in [0.1, 0.15) is 33.3 Å². The van der Waals surface area contributed by atoms with Crippen LogP contribution in [-0.2, 0) is 21.3 Å². The standard InChI is InChI=1S/C15H22FNO2S/c1-11(2)17(12(3)4)15(18)10-20(19)9-13-5-7-14(16)8-6-13/h5-8,11-12H,9-10H2,1-4H3. The summed E-state index contributed by atoms with van der Waals surface area (Å²) in [5, 5.41) is 0. The molecule has 0 bridgehead atoms. The van der Waals surface area contributed by atoms with Crippen molar-refractivity contribution in [3.63, 3.8) is 0 Å². The number of rotatable bonds is 6. The zero-order valence-corrected chi connectivity index (χ0v) is 13.2. The fourth-order valence-electron chi connectivity index (χ4n) is 2.20. The van der Waals surface area contributed by atoms with Gasteiger partial charge in [0.15, 0.2) is 0 Å². The minimum atomic E-state index is -1.28. The van der Waals surface area contributed by atoms with Crippen LogP contribution in [-0.4, -0.2) is 32.9 Å². The number of benzene rings is 1. The van der Waals surface area contributed by atoms with E-state index in [1.54, 1.807) is 17.0 Å². The molecule has 0 radical (unpaired) electrons. The highest BCUT2D eigenvalue weighted by Crippen LogP contribution is 2.09. The molecular formula is C15H22FNO2S. The number of nitrogens with zero attached hydrogens (tertiary/aromatic N) is 1. The second-order valence-corrected chi connectivity index (χ2v) is 6.80. The van der Waals surface area contributed by atoms with Crippen LogP contribution in [0.5, 0.6) is 0 Å². The van der Waals surface area contributed by atoms with E-state index in [9.17, 15) is 13.4 Å². The maximum absolute atomic E-state index is 12.8. The Morgan fingerprint density at radius 2 is 1.65 bits per heavy atom. The van der Waals surface area contributed by atoms with Crippen molar-refractivity contribution in [2.75, 3.05) is 5.75 Å². The quantitative estimate of drug-likeness (QED) is 0.810. The minimum Gasteiger partial charge on any atom is -0.337 e. The maximum atomic E-state index is 12.8. The third-order valence-corrected chi connectivity index (χ3v) is 4.15. The molecule has 3 nitrogen and oxygen atoms in total. The Balaban J connectivity index is 2.61. The average molecular weight is 299 g/mol. The summed E-state index contributed by atoms with van der Waals surface area (Å²) in [7, 11) is -1.28. The average Bonchev–Trinajstić information content (AvgIpc) is 2.30. The van der Waals surface area contributed by atoms with Gasteiger partial charge in [0, 0.05) is 28.6 Å². The van der Waals surface area contributed by atoms with Gasteiger partial charge in [0.2, 0.25) is 5.91 Å². The molecule has 0 aliphatic rings. The zero-order chi connectivity index (χ0) is 15.3. The topological polar surface area (TPSA) is 37.4 Å². The van der Waals surface area contributed by atoms with E-state index in [-0.39, 0.29) is 35.3 Å². The van der Waals surface area contributed by atoms with Gasteiger partial charge < -0.3 is 4.90 Å². The number of carbonyl (C=O) groups is 1. The van der Waals surface area contributed by atoms with Gasteiger partial charge in [-0.1, -0.05) is 12.1 Å². The van der Waals surface area contributed by atoms with Crippen molar-refractivity contribution in [3.05, 3.63) is 35.6 Å². The Morgan fingerprint density at radius 3 is 2.10 bits per heavy atom. The molecule has 1 rings (SSSR count). The van der Waals surface area contributed by atoms with Crippen LogP contribution in [0.3, 0.4) is 0 Å². The molecule has 1 aromatic carbocycles. The first-order chi connectivity index (χ1) is 9.31. The van der Waals surface area contributed by atoms with Crippen molar-refractivity contribution in [1.29, 1.82) is 0 Å². The van der Waals surface area contributed by atoms with Crippen molar-refractivity contribution < 1.29 is 13.4 Å². The molecular weight excluding hydrogens is 277 g/mol. The van der Waals surface area contributed by atoms with Crippen LogP contribution < -0.4 is 0 Å². The summed E-state index contributed by atoms with van der Waals surface area (Å²) in [4.78, 5) is 13.9. The summed E-state index contributed by atoms with van der Waals surface area (Å²) < 4.78 is 24.8. The predicted octanol–water partition coefficient (Wildman–Crippen LogP) is 2.72. The zero-order valence-electron chi connectivity index (χ0n) is 12.4. The molecule has 0 aliphatic carbocycles. The largest absolute Gasteiger partial charge is 0.337 e. The van der Waals surface area contributed by atoms with E-state index in [1.165, 1.54) is 12.1 Å². The number of halogens is 1. The monoisotopic (exact) mass is 299 g/mol. The molecule has 1 amide bonds. The highest BCUT2D eigenvalue weighted by atomic mass is 32.2. The minimum absolute atomic E-state index is 0.00768. The fraction of sp³-hybridized carbons (Fsp3) is 0.533. The summed E-state index contributed by atoms with van der Waals surface area (Å²) in [6.45, 7) is 7.78. The third kappa shape index (κ3) is 5.04. The number of hydrogen-bond acceptors (Lipinski definition) is 2. The van der Waals surface area contributed by atoms with Crippen molar-refractivity contribution in [2.45, 2.75) is 45.5 Å². The van der Waals surface area contributed by atoms with E-state index in [1.807, 2.05) is 27.7 Å².